The molecular weight excluding hydrogens is 396 g/mol. The SMILES string of the molecule is CCOC(=O)c1sc(NC(=O)C(C)(C)C(c2ccccc2)c2ccccc2)nc1C. The molecule has 3 rings (SSSR count). The molecule has 3 aromatic rings. The van der Waals surface area contributed by atoms with Crippen molar-refractivity contribution in [2.24, 2.45) is 5.41 Å². The fraction of sp³-hybridized carbons (Fsp3) is 0.292. The van der Waals surface area contributed by atoms with E-state index in [4.69, 9.17) is 4.74 Å². The molecule has 156 valence electrons. The van der Waals surface area contributed by atoms with Crippen LogP contribution in [0.3, 0.4) is 0 Å². The standard InChI is InChI=1S/C24H26N2O3S/c1-5-29-21(27)20-16(2)25-23(30-20)26-22(28)24(3,4)19(17-12-8-6-9-13-17)18-14-10-7-11-15-18/h6-15,19H,5H2,1-4H3,(H,25,26,28). The van der Waals surface area contributed by atoms with Crippen molar-refractivity contribution in [2.45, 2.75) is 33.6 Å². The zero-order chi connectivity index (χ0) is 21.7. The average Bonchev–Trinajstić information content (AvgIpc) is 3.10. The summed E-state index contributed by atoms with van der Waals surface area (Å²) in [5, 5.41) is 3.32. The van der Waals surface area contributed by atoms with Crippen LogP contribution in [0.25, 0.3) is 0 Å². The van der Waals surface area contributed by atoms with E-state index in [2.05, 4.69) is 10.3 Å². The third kappa shape index (κ3) is 4.60. The lowest BCUT2D eigenvalue weighted by Crippen LogP contribution is -2.37. The number of esters is 1. The number of carbonyl (C=O) groups is 2. The summed E-state index contributed by atoms with van der Waals surface area (Å²) >= 11 is 1.14. The first-order valence-corrected chi connectivity index (χ1v) is 10.7. The van der Waals surface area contributed by atoms with Gasteiger partial charge < -0.3 is 10.1 Å². The number of ether oxygens (including phenoxy) is 1. The van der Waals surface area contributed by atoms with Crippen LogP contribution in [-0.4, -0.2) is 23.5 Å². The molecule has 0 fully saturated rings. The normalized spacial score (nSPS) is 11.4. The molecular formula is C24H26N2O3S. The van der Waals surface area contributed by atoms with Gasteiger partial charge in [-0.25, -0.2) is 9.78 Å². The summed E-state index contributed by atoms with van der Waals surface area (Å²) < 4.78 is 5.07. The van der Waals surface area contributed by atoms with Crippen LogP contribution >= 0.6 is 11.3 Å². The Balaban J connectivity index is 1.91. The van der Waals surface area contributed by atoms with Gasteiger partial charge in [-0.1, -0.05) is 85.8 Å². The Bertz CT molecular complexity index is 974. The number of anilines is 1. The summed E-state index contributed by atoms with van der Waals surface area (Å²) in [6.45, 7) is 7.65. The minimum absolute atomic E-state index is 0.148. The number of nitrogens with one attached hydrogen (secondary N) is 1. The number of aromatic nitrogens is 1. The molecule has 1 aromatic heterocycles. The monoisotopic (exact) mass is 422 g/mol. The highest BCUT2D eigenvalue weighted by Crippen LogP contribution is 2.42. The molecule has 2 aromatic carbocycles. The van der Waals surface area contributed by atoms with Gasteiger partial charge in [0.05, 0.1) is 17.7 Å². The molecule has 0 atom stereocenters. The van der Waals surface area contributed by atoms with Gasteiger partial charge in [-0.05, 0) is 25.0 Å². The van der Waals surface area contributed by atoms with Gasteiger partial charge in [-0.3, -0.25) is 4.79 Å². The van der Waals surface area contributed by atoms with Gasteiger partial charge >= 0.3 is 5.97 Å². The highest BCUT2D eigenvalue weighted by atomic mass is 32.1. The van der Waals surface area contributed by atoms with Gasteiger partial charge in [-0.2, -0.15) is 0 Å². The van der Waals surface area contributed by atoms with Gasteiger partial charge in [0.25, 0.3) is 0 Å². The topological polar surface area (TPSA) is 68.3 Å². The van der Waals surface area contributed by atoms with Crippen molar-refractivity contribution in [1.82, 2.24) is 4.98 Å². The molecule has 0 aliphatic carbocycles. The lowest BCUT2D eigenvalue weighted by molar-refractivity contribution is -0.124. The molecule has 0 aliphatic heterocycles. The van der Waals surface area contributed by atoms with Crippen molar-refractivity contribution in [3.63, 3.8) is 0 Å². The van der Waals surface area contributed by atoms with Crippen LogP contribution in [0.5, 0.6) is 0 Å². The molecule has 6 heteroatoms. The van der Waals surface area contributed by atoms with Gasteiger partial charge in [0.15, 0.2) is 5.13 Å². The number of thiazole rings is 1. The Hall–Kier alpha value is -2.99. The smallest absolute Gasteiger partial charge is 0.350 e. The van der Waals surface area contributed by atoms with Crippen molar-refractivity contribution in [3.8, 4) is 0 Å². The molecule has 0 unspecified atom stereocenters. The largest absolute Gasteiger partial charge is 0.462 e. The van der Waals surface area contributed by atoms with Crippen LogP contribution in [0.4, 0.5) is 5.13 Å². The maximum Gasteiger partial charge on any atom is 0.350 e. The lowest BCUT2D eigenvalue weighted by atomic mass is 9.70. The van der Waals surface area contributed by atoms with E-state index in [1.54, 1.807) is 13.8 Å². The number of hydrogen-bond donors (Lipinski definition) is 1. The molecule has 5 nitrogen and oxygen atoms in total. The van der Waals surface area contributed by atoms with Gasteiger partial charge in [0.2, 0.25) is 5.91 Å². The van der Waals surface area contributed by atoms with Crippen molar-refractivity contribution in [1.29, 1.82) is 0 Å². The van der Waals surface area contributed by atoms with Crippen LogP contribution in [0.15, 0.2) is 60.7 Å². The predicted octanol–water partition coefficient (Wildman–Crippen LogP) is 5.43. The van der Waals surface area contributed by atoms with Crippen molar-refractivity contribution < 1.29 is 14.3 Å². The van der Waals surface area contributed by atoms with Crippen molar-refractivity contribution >= 4 is 28.3 Å². The van der Waals surface area contributed by atoms with E-state index in [0.717, 1.165) is 22.5 Å². The Morgan fingerprint density at radius 1 is 1.03 bits per heavy atom. The zero-order valence-electron chi connectivity index (χ0n) is 17.6. The van der Waals surface area contributed by atoms with Gasteiger partial charge in [0, 0.05) is 5.92 Å². The molecule has 0 aliphatic rings. The second kappa shape index (κ2) is 9.22. The number of amides is 1. The maximum absolute atomic E-state index is 13.4. The Morgan fingerprint density at radius 3 is 2.07 bits per heavy atom. The van der Waals surface area contributed by atoms with Crippen LogP contribution < -0.4 is 5.32 Å². The number of benzene rings is 2. The number of nitrogens with zero attached hydrogens (tertiary/aromatic N) is 1. The summed E-state index contributed by atoms with van der Waals surface area (Å²) in [6, 6.07) is 20.0. The first kappa shape index (κ1) is 21.7. The lowest BCUT2D eigenvalue weighted by Gasteiger charge is -2.33. The minimum Gasteiger partial charge on any atom is -0.462 e. The summed E-state index contributed by atoms with van der Waals surface area (Å²) in [4.78, 5) is 30.2. The summed E-state index contributed by atoms with van der Waals surface area (Å²) in [6.07, 6.45) is 0. The molecule has 1 heterocycles. The molecule has 0 saturated carbocycles. The molecule has 30 heavy (non-hydrogen) atoms. The van der Waals surface area contributed by atoms with Crippen molar-refractivity contribution in [3.05, 3.63) is 82.4 Å². The Kier molecular flexibility index (Phi) is 6.67. The molecule has 1 N–H and O–H groups in total. The average molecular weight is 423 g/mol. The summed E-state index contributed by atoms with van der Waals surface area (Å²) in [5.74, 6) is -0.728. The van der Waals surface area contributed by atoms with E-state index in [1.807, 2.05) is 74.5 Å². The molecule has 0 spiro atoms. The highest BCUT2D eigenvalue weighted by Gasteiger charge is 2.39. The molecule has 1 amide bonds. The molecule has 0 saturated heterocycles. The highest BCUT2D eigenvalue weighted by molar-refractivity contribution is 7.17. The van der Waals surface area contributed by atoms with Crippen molar-refractivity contribution in [2.75, 3.05) is 11.9 Å². The predicted molar refractivity (Wildman–Crippen MR) is 120 cm³/mol. The summed E-state index contributed by atoms with van der Waals surface area (Å²) in [7, 11) is 0. The van der Waals surface area contributed by atoms with E-state index in [-0.39, 0.29) is 11.8 Å². The first-order chi connectivity index (χ1) is 14.3. The van der Waals surface area contributed by atoms with E-state index in [9.17, 15) is 9.59 Å². The third-order valence-corrected chi connectivity index (χ3v) is 6.10. The molecule has 0 radical (unpaired) electrons. The first-order valence-electron chi connectivity index (χ1n) is 9.90. The summed E-state index contributed by atoms with van der Waals surface area (Å²) in [5.41, 5.74) is 1.90. The zero-order valence-corrected chi connectivity index (χ0v) is 18.5. The van der Waals surface area contributed by atoms with Gasteiger partial charge in [-0.15, -0.1) is 0 Å². The van der Waals surface area contributed by atoms with E-state index in [1.165, 1.54) is 0 Å². The maximum atomic E-state index is 13.4. The molecule has 0 bridgehead atoms. The number of aryl methyl sites for hydroxylation is 1. The van der Waals surface area contributed by atoms with Crippen LogP contribution in [0.1, 0.15) is 53.2 Å². The minimum atomic E-state index is -0.771. The van der Waals surface area contributed by atoms with Gasteiger partial charge in [0.1, 0.15) is 4.88 Å². The Morgan fingerprint density at radius 2 is 1.57 bits per heavy atom. The van der Waals surface area contributed by atoms with E-state index < -0.39 is 11.4 Å². The van der Waals surface area contributed by atoms with Crippen LogP contribution in [-0.2, 0) is 9.53 Å². The Labute approximate surface area is 181 Å². The van der Waals surface area contributed by atoms with E-state index >= 15 is 0 Å². The second-order valence-electron chi connectivity index (χ2n) is 7.58. The second-order valence-corrected chi connectivity index (χ2v) is 8.58. The third-order valence-electron chi connectivity index (χ3n) is 5.05. The fourth-order valence-corrected chi connectivity index (χ4v) is 4.40. The van der Waals surface area contributed by atoms with Crippen LogP contribution in [0, 0.1) is 12.3 Å². The number of hydrogen-bond acceptors (Lipinski definition) is 5. The number of rotatable bonds is 7. The van der Waals surface area contributed by atoms with Crippen LogP contribution in [0.2, 0.25) is 0 Å². The van der Waals surface area contributed by atoms with E-state index in [0.29, 0.717) is 22.3 Å². The fourth-order valence-electron chi connectivity index (χ4n) is 3.54. The number of carbonyl (C=O) groups excluding carboxylic acids is 2. The quantitative estimate of drug-likeness (QED) is 0.516.